The molecule has 0 aliphatic carbocycles. The molecular weight excluding hydrogens is 552 g/mol. The summed E-state index contributed by atoms with van der Waals surface area (Å²) in [5, 5.41) is 10.6. The molecule has 8 heteroatoms. The molecule has 0 saturated carbocycles. The zero-order valence-corrected chi connectivity index (χ0v) is 24.2. The van der Waals surface area contributed by atoms with Crippen molar-refractivity contribution in [1.29, 1.82) is 5.26 Å². The summed E-state index contributed by atoms with van der Waals surface area (Å²) in [4.78, 5) is 12.6. The number of rotatable bonds is 8. The van der Waals surface area contributed by atoms with E-state index in [0.717, 1.165) is 22.3 Å². The van der Waals surface area contributed by atoms with E-state index >= 15 is 0 Å². The van der Waals surface area contributed by atoms with Crippen molar-refractivity contribution in [2.24, 2.45) is 5.73 Å². The van der Waals surface area contributed by atoms with Gasteiger partial charge in [0.15, 0.2) is 6.61 Å². The Morgan fingerprint density at radius 3 is 2.38 bits per heavy atom. The SMILES string of the molecule is Cc1ccc(COc2cccc(C3C(C#N)=C(N)Oc4cc(OC(=O)COc5cc(C)c(Cl)c(C)c5)ccc43)c2)cc1. The fourth-order valence-corrected chi connectivity index (χ4v) is 4.88. The number of allylic oxidation sites excluding steroid dienone is 1. The normalized spacial score (nSPS) is 13.9. The lowest BCUT2D eigenvalue weighted by molar-refractivity contribution is -0.136. The number of aryl methyl sites for hydroxylation is 3. The zero-order chi connectivity index (χ0) is 29.8. The predicted molar refractivity (Wildman–Crippen MR) is 160 cm³/mol. The van der Waals surface area contributed by atoms with E-state index in [1.54, 1.807) is 30.3 Å². The number of halogens is 1. The lowest BCUT2D eigenvalue weighted by Gasteiger charge is -2.27. The Labute approximate surface area is 249 Å². The van der Waals surface area contributed by atoms with Crippen molar-refractivity contribution in [2.45, 2.75) is 33.3 Å². The number of carbonyl (C=O) groups is 1. The van der Waals surface area contributed by atoms with E-state index in [1.165, 1.54) is 5.56 Å². The molecule has 212 valence electrons. The minimum atomic E-state index is -0.591. The maximum atomic E-state index is 12.6. The molecule has 1 atom stereocenters. The first-order valence-corrected chi connectivity index (χ1v) is 13.7. The van der Waals surface area contributed by atoms with Crippen LogP contribution in [0.4, 0.5) is 0 Å². The molecule has 4 aromatic rings. The number of nitriles is 1. The number of hydrogen-bond donors (Lipinski definition) is 1. The average molecular weight is 581 g/mol. The first kappa shape index (κ1) is 28.6. The number of fused-ring (bicyclic) bond motifs is 1. The molecule has 0 fully saturated rings. The van der Waals surface area contributed by atoms with Crippen LogP contribution >= 0.6 is 11.6 Å². The average Bonchev–Trinajstić information content (AvgIpc) is 2.98. The molecule has 0 saturated heterocycles. The fraction of sp³-hybridized carbons (Fsp3) is 0.176. The van der Waals surface area contributed by atoms with E-state index in [1.807, 2.05) is 69.3 Å². The first-order valence-electron chi connectivity index (χ1n) is 13.3. The summed E-state index contributed by atoms with van der Waals surface area (Å²) in [7, 11) is 0. The van der Waals surface area contributed by atoms with Gasteiger partial charge in [0.1, 0.15) is 41.2 Å². The zero-order valence-electron chi connectivity index (χ0n) is 23.4. The Morgan fingerprint density at radius 2 is 1.67 bits per heavy atom. The number of nitrogens with zero attached hydrogens (tertiary/aromatic N) is 1. The summed E-state index contributed by atoms with van der Waals surface area (Å²) in [6.45, 7) is 5.89. The van der Waals surface area contributed by atoms with Crippen molar-refractivity contribution in [1.82, 2.24) is 0 Å². The lowest BCUT2D eigenvalue weighted by atomic mass is 9.83. The van der Waals surface area contributed by atoms with Gasteiger partial charge in [0, 0.05) is 16.7 Å². The van der Waals surface area contributed by atoms with E-state index in [-0.39, 0.29) is 23.8 Å². The Kier molecular flexibility index (Phi) is 8.37. The molecule has 1 unspecified atom stereocenters. The molecule has 0 aromatic heterocycles. The number of benzene rings is 4. The van der Waals surface area contributed by atoms with Crippen molar-refractivity contribution < 1.29 is 23.7 Å². The quantitative estimate of drug-likeness (QED) is 0.176. The second-order valence-electron chi connectivity index (χ2n) is 10.1. The van der Waals surface area contributed by atoms with Crippen molar-refractivity contribution in [3.05, 3.63) is 129 Å². The molecule has 2 N–H and O–H groups in total. The maximum Gasteiger partial charge on any atom is 0.349 e. The van der Waals surface area contributed by atoms with Crippen molar-refractivity contribution >= 4 is 17.6 Å². The Morgan fingerprint density at radius 1 is 0.929 bits per heavy atom. The van der Waals surface area contributed by atoms with E-state index < -0.39 is 11.9 Å². The second-order valence-corrected chi connectivity index (χ2v) is 10.5. The van der Waals surface area contributed by atoms with Gasteiger partial charge < -0.3 is 24.7 Å². The number of carbonyl (C=O) groups excluding carboxylic acids is 1. The molecular formula is C34H29ClN2O5. The van der Waals surface area contributed by atoms with Crippen molar-refractivity contribution in [3.63, 3.8) is 0 Å². The molecule has 7 nitrogen and oxygen atoms in total. The van der Waals surface area contributed by atoms with Gasteiger partial charge in [-0.05, 0) is 73.4 Å². The molecule has 0 spiro atoms. The van der Waals surface area contributed by atoms with Crippen LogP contribution in [0.25, 0.3) is 0 Å². The van der Waals surface area contributed by atoms with Crippen LogP contribution in [0.5, 0.6) is 23.0 Å². The largest absolute Gasteiger partial charge is 0.489 e. The van der Waals surface area contributed by atoms with Crippen molar-refractivity contribution in [2.75, 3.05) is 6.61 Å². The lowest BCUT2D eigenvalue weighted by Crippen LogP contribution is -2.21. The van der Waals surface area contributed by atoms with Gasteiger partial charge in [0.25, 0.3) is 0 Å². The van der Waals surface area contributed by atoms with Gasteiger partial charge in [-0.2, -0.15) is 5.26 Å². The van der Waals surface area contributed by atoms with Gasteiger partial charge in [0.05, 0.1) is 5.92 Å². The third-order valence-electron chi connectivity index (χ3n) is 6.91. The summed E-state index contributed by atoms with van der Waals surface area (Å²) >= 11 is 6.21. The summed E-state index contributed by atoms with van der Waals surface area (Å²) in [6.07, 6.45) is 0. The topological polar surface area (TPSA) is 104 Å². The number of nitrogens with two attached hydrogens (primary N) is 1. The second kappa shape index (κ2) is 12.3. The van der Waals surface area contributed by atoms with Crippen LogP contribution in [0.3, 0.4) is 0 Å². The number of ether oxygens (including phenoxy) is 4. The Bertz CT molecular complexity index is 1700. The summed E-state index contributed by atoms with van der Waals surface area (Å²) in [6, 6.07) is 26.4. The van der Waals surface area contributed by atoms with Crippen LogP contribution in [0, 0.1) is 32.1 Å². The molecule has 0 radical (unpaired) electrons. The van der Waals surface area contributed by atoms with Gasteiger partial charge in [-0.15, -0.1) is 0 Å². The van der Waals surface area contributed by atoms with Crippen LogP contribution in [-0.4, -0.2) is 12.6 Å². The van der Waals surface area contributed by atoms with Gasteiger partial charge >= 0.3 is 5.97 Å². The molecule has 1 aliphatic rings. The van der Waals surface area contributed by atoms with Gasteiger partial charge in [-0.25, -0.2) is 4.79 Å². The van der Waals surface area contributed by atoms with E-state index in [0.29, 0.717) is 34.4 Å². The Balaban J connectivity index is 1.32. The van der Waals surface area contributed by atoms with Crippen LogP contribution in [-0.2, 0) is 11.4 Å². The summed E-state index contributed by atoms with van der Waals surface area (Å²) < 4.78 is 23.0. The van der Waals surface area contributed by atoms with E-state index in [4.69, 9.17) is 36.3 Å². The third-order valence-corrected chi connectivity index (χ3v) is 7.50. The molecule has 1 aliphatic heterocycles. The highest BCUT2D eigenvalue weighted by atomic mass is 35.5. The third kappa shape index (κ3) is 6.35. The standard InChI is InChI=1S/C34H29ClN2O5/c1-20-7-9-23(10-8-20)18-39-25-6-4-5-24(15-25)32-28-12-11-26(16-30(28)42-34(37)29(32)17-36)41-31(38)19-40-27-13-21(2)33(35)22(3)14-27/h4-16,32H,18-19,37H2,1-3H3. The highest BCUT2D eigenvalue weighted by molar-refractivity contribution is 6.32. The van der Waals surface area contributed by atoms with Crippen LogP contribution < -0.4 is 24.7 Å². The molecule has 42 heavy (non-hydrogen) atoms. The monoisotopic (exact) mass is 580 g/mol. The van der Waals surface area contributed by atoms with E-state index in [2.05, 4.69) is 6.07 Å². The highest BCUT2D eigenvalue weighted by Crippen LogP contribution is 2.44. The molecule has 0 amide bonds. The minimum absolute atomic E-state index is 0.0127. The first-order chi connectivity index (χ1) is 20.2. The molecule has 4 aromatic carbocycles. The summed E-state index contributed by atoms with van der Waals surface area (Å²) in [5.74, 6) is 0.730. The van der Waals surface area contributed by atoms with Gasteiger partial charge in [0.2, 0.25) is 5.88 Å². The smallest absolute Gasteiger partial charge is 0.349 e. The van der Waals surface area contributed by atoms with E-state index in [9.17, 15) is 10.1 Å². The maximum absolute atomic E-state index is 12.6. The van der Waals surface area contributed by atoms with Crippen LogP contribution in [0.15, 0.2) is 90.3 Å². The summed E-state index contributed by atoms with van der Waals surface area (Å²) in [5.41, 5.74) is 11.9. The molecule has 0 bridgehead atoms. The predicted octanol–water partition coefficient (Wildman–Crippen LogP) is 7.05. The highest BCUT2D eigenvalue weighted by Gasteiger charge is 2.31. The Hall–Kier alpha value is -4.93. The minimum Gasteiger partial charge on any atom is -0.489 e. The van der Waals surface area contributed by atoms with Gasteiger partial charge in [-0.3, -0.25) is 0 Å². The fourth-order valence-electron chi connectivity index (χ4n) is 4.77. The van der Waals surface area contributed by atoms with Crippen LogP contribution in [0.2, 0.25) is 5.02 Å². The number of hydrogen-bond acceptors (Lipinski definition) is 7. The van der Waals surface area contributed by atoms with Crippen LogP contribution in [0.1, 0.15) is 39.3 Å². The molecule has 1 heterocycles. The van der Waals surface area contributed by atoms with Crippen molar-refractivity contribution in [3.8, 4) is 29.1 Å². The number of esters is 1. The molecule has 5 rings (SSSR count). The van der Waals surface area contributed by atoms with Gasteiger partial charge in [-0.1, -0.05) is 59.6 Å².